The van der Waals surface area contributed by atoms with Gasteiger partial charge in [-0.05, 0) is 49.3 Å². The number of rotatable bonds is 11. The highest BCUT2D eigenvalue weighted by molar-refractivity contribution is 5.76. The minimum Gasteiger partial charge on any atom is -0.355 e. The predicted octanol–water partition coefficient (Wildman–Crippen LogP) is 2.66. The molecule has 0 heterocycles. The van der Waals surface area contributed by atoms with Crippen molar-refractivity contribution in [2.45, 2.75) is 38.1 Å². The van der Waals surface area contributed by atoms with Gasteiger partial charge in [-0.1, -0.05) is 60.7 Å². The van der Waals surface area contributed by atoms with Gasteiger partial charge in [0.1, 0.15) is 0 Å². The van der Waals surface area contributed by atoms with Crippen LogP contribution in [0.5, 0.6) is 0 Å². The third kappa shape index (κ3) is 7.81. The van der Waals surface area contributed by atoms with Crippen molar-refractivity contribution in [3.05, 3.63) is 71.8 Å². The Morgan fingerprint density at radius 2 is 1.46 bits per heavy atom. The molecule has 1 atom stereocenters. The highest BCUT2D eigenvalue weighted by Crippen LogP contribution is 2.18. The standard InChI is InChI=1S/C22H31N3O/c23-13-7-12-21(24)17-25-22(26)16-20(14-18-8-3-1-4-9-18)15-19-10-5-2-6-11-19/h1-6,8-11,20-21H,7,12-17,23-24H2,(H,25,26). The average molecular weight is 354 g/mol. The van der Waals surface area contributed by atoms with Gasteiger partial charge in [0.15, 0.2) is 0 Å². The fourth-order valence-corrected chi connectivity index (χ4v) is 3.17. The van der Waals surface area contributed by atoms with Gasteiger partial charge in [-0.15, -0.1) is 0 Å². The second-order valence-electron chi connectivity index (χ2n) is 6.94. The number of amides is 1. The van der Waals surface area contributed by atoms with Gasteiger partial charge in [-0.25, -0.2) is 0 Å². The van der Waals surface area contributed by atoms with E-state index in [1.165, 1.54) is 11.1 Å². The van der Waals surface area contributed by atoms with Gasteiger partial charge >= 0.3 is 0 Å². The Kier molecular flexibility index (Phi) is 8.87. The SMILES string of the molecule is NCCCC(N)CNC(=O)CC(Cc1ccccc1)Cc1ccccc1. The van der Waals surface area contributed by atoms with Crippen LogP contribution in [0.25, 0.3) is 0 Å². The number of hydrogen-bond acceptors (Lipinski definition) is 3. The first kappa shape index (κ1) is 20.1. The highest BCUT2D eigenvalue weighted by atomic mass is 16.1. The van der Waals surface area contributed by atoms with Gasteiger partial charge in [0.05, 0.1) is 0 Å². The van der Waals surface area contributed by atoms with Crippen molar-refractivity contribution in [2.75, 3.05) is 13.1 Å². The Morgan fingerprint density at radius 1 is 0.923 bits per heavy atom. The van der Waals surface area contributed by atoms with E-state index in [1.807, 2.05) is 36.4 Å². The van der Waals surface area contributed by atoms with Crippen LogP contribution in [0.4, 0.5) is 0 Å². The summed E-state index contributed by atoms with van der Waals surface area (Å²) in [7, 11) is 0. The molecule has 0 aliphatic rings. The first-order valence-corrected chi connectivity index (χ1v) is 9.47. The Bertz CT molecular complexity index is 589. The molecule has 0 radical (unpaired) electrons. The van der Waals surface area contributed by atoms with E-state index < -0.39 is 0 Å². The number of benzene rings is 2. The minimum atomic E-state index is -0.0239. The van der Waals surface area contributed by atoms with Crippen molar-refractivity contribution in [3.8, 4) is 0 Å². The maximum Gasteiger partial charge on any atom is 0.220 e. The molecule has 26 heavy (non-hydrogen) atoms. The summed E-state index contributed by atoms with van der Waals surface area (Å²) in [6.07, 6.45) is 4.02. The van der Waals surface area contributed by atoms with Crippen molar-refractivity contribution in [1.82, 2.24) is 5.32 Å². The lowest BCUT2D eigenvalue weighted by Gasteiger charge is -2.18. The molecule has 0 bridgehead atoms. The van der Waals surface area contributed by atoms with Crippen LogP contribution in [0.3, 0.4) is 0 Å². The topological polar surface area (TPSA) is 81.1 Å². The second-order valence-corrected chi connectivity index (χ2v) is 6.94. The van der Waals surface area contributed by atoms with Crippen LogP contribution in [-0.2, 0) is 17.6 Å². The van der Waals surface area contributed by atoms with Crippen LogP contribution in [-0.4, -0.2) is 25.0 Å². The van der Waals surface area contributed by atoms with Crippen molar-refractivity contribution < 1.29 is 4.79 Å². The van der Waals surface area contributed by atoms with Crippen LogP contribution < -0.4 is 16.8 Å². The molecule has 4 nitrogen and oxygen atoms in total. The van der Waals surface area contributed by atoms with E-state index in [0.29, 0.717) is 19.5 Å². The molecule has 0 aliphatic carbocycles. The van der Waals surface area contributed by atoms with E-state index in [4.69, 9.17) is 11.5 Å². The first-order valence-electron chi connectivity index (χ1n) is 9.47. The van der Waals surface area contributed by atoms with Crippen molar-refractivity contribution in [2.24, 2.45) is 17.4 Å². The maximum atomic E-state index is 12.4. The maximum absolute atomic E-state index is 12.4. The van der Waals surface area contributed by atoms with Crippen molar-refractivity contribution in [1.29, 1.82) is 0 Å². The normalized spacial score (nSPS) is 12.1. The minimum absolute atomic E-state index is 0.0239. The third-order valence-electron chi connectivity index (χ3n) is 4.55. The van der Waals surface area contributed by atoms with E-state index in [-0.39, 0.29) is 17.9 Å². The Hall–Kier alpha value is -2.17. The molecule has 0 spiro atoms. The summed E-state index contributed by atoms with van der Waals surface area (Å²) in [5.41, 5.74) is 14.0. The molecule has 2 aromatic carbocycles. The molecule has 5 N–H and O–H groups in total. The molecule has 2 rings (SSSR count). The predicted molar refractivity (Wildman–Crippen MR) is 108 cm³/mol. The summed E-state index contributed by atoms with van der Waals surface area (Å²) < 4.78 is 0. The molecule has 0 aromatic heterocycles. The molecule has 0 aliphatic heterocycles. The largest absolute Gasteiger partial charge is 0.355 e. The zero-order valence-corrected chi connectivity index (χ0v) is 15.4. The quantitative estimate of drug-likeness (QED) is 0.581. The van der Waals surface area contributed by atoms with Gasteiger partial charge in [-0.3, -0.25) is 4.79 Å². The molecule has 0 fully saturated rings. The molecule has 0 saturated carbocycles. The van der Waals surface area contributed by atoms with E-state index in [2.05, 4.69) is 29.6 Å². The van der Waals surface area contributed by atoms with Gasteiger partial charge in [-0.2, -0.15) is 0 Å². The van der Waals surface area contributed by atoms with Crippen LogP contribution in [0.1, 0.15) is 30.4 Å². The summed E-state index contributed by atoms with van der Waals surface area (Å²) in [6, 6.07) is 20.7. The van der Waals surface area contributed by atoms with Crippen molar-refractivity contribution in [3.63, 3.8) is 0 Å². The van der Waals surface area contributed by atoms with Crippen LogP contribution in [0.15, 0.2) is 60.7 Å². The number of nitrogens with one attached hydrogen (secondary N) is 1. The fraction of sp³-hybridized carbons (Fsp3) is 0.409. The number of carbonyl (C=O) groups is 1. The van der Waals surface area contributed by atoms with Crippen LogP contribution >= 0.6 is 0 Å². The molecule has 1 amide bonds. The number of hydrogen-bond donors (Lipinski definition) is 3. The zero-order valence-electron chi connectivity index (χ0n) is 15.4. The number of carbonyl (C=O) groups excluding carboxylic acids is 1. The summed E-state index contributed by atoms with van der Waals surface area (Å²) in [4.78, 5) is 12.4. The zero-order chi connectivity index (χ0) is 18.6. The highest BCUT2D eigenvalue weighted by Gasteiger charge is 2.16. The molecule has 4 heteroatoms. The molecule has 140 valence electrons. The smallest absolute Gasteiger partial charge is 0.220 e. The van der Waals surface area contributed by atoms with Gasteiger partial charge in [0, 0.05) is 19.0 Å². The van der Waals surface area contributed by atoms with E-state index in [9.17, 15) is 4.79 Å². The molecular formula is C22H31N3O. The van der Waals surface area contributed by atoms with Crippen molar-refractivity contribution >= 4 is 5.91 Å². The summed E-state index contributed by atoms with van der Waals surface area (Å²) in [6.45, 7) is 1.15. The third-order valence-corrected chi connectivity index (χ3v) is 4.55. The molecule has 0 saturated heterocycles. The second kappa shape index (κ2) is 11.4. The monoisotopic (exact) mass is 353 g/mol. The summed E-state index contributed by atoms with van der Waals surface area (Å²) in [5.74, 6) is 0.338. The first-order chi connectivity index (χ1) is 12.7. The van der Waals surface area contributed by atoms with Gasteiger partial charge in [0.2, 0.25) is 5.91 Å². The van der Waals surface area contributed by atoms with Gasteiger partial charge in [0.25, 0.3) is 0 Å². The summed E-state index contributed by atoms with van der Waals surface area (Å²) >= 11 is 0. The lowest BCUT2D eigenvalue weighted by Crippen LogP contribution is -2.38. The molecule has 2 aromatic rings. The summed E-state index contributed by atoms with van der Waals surface area (Å²) in [5, 5.41) is 2.99. The Morgan fingerprint density at radius 3 is 1.96 bits per heavy atom. The average Bonchev–Trinajstić information content (AvgIpc) is 2.66. The lowest BCUT2D eigenvalue weighted by molar-refractivity contribution is -0.122. The molecule has 1 unspecified atom stereocenters. The fourth-order valence-electron chi connectivity index (χ4n) is 3.17. The Labute approximate surface area is 157 Å². The van der Waals surface area contributed by atoms with E-state index in [1.54, 1.807) is 0 Å². The van der Waals surface area contributed by atoms with Gasteiger partial charge < -0.3 is 16.8 Å². The van der Waals surface area contributed by atoms with E-state index >= 15 is 0 Å². The number of nitrogens with two attached hydrogens (primary N) is 2. The molecular weight excluding hydrogens is 322 g/mol. The lowest BCUT2D eigenvalue weighted by atomic mass is 9.89. The van der Waals surface area contributed by atoms with Crippen LogP contribution in [0, 0.1) is 5.92 Å². The Balaban J connectivity index is 1.91. The van der Waals surface area contributed by atoms with E-state index in [0.717, 1.165) is 25.7 Å². The van der Waals surface area contributed by atoms with Crippen LogP contribution in [0.2, 0.25) is 0 Å².